The Hall–Kier alpha value is -2.90. The lowest BCUT2D eigenvalue weighted by atomic mass is 10.2. The molecule has 3 rings (SSSR count). The van der Waals surface area contributed by atoms with Crippen molar-refractivity contribution in [2.75, 3.05) is 4.72 Å². The van der Waals surface area contributed by atoms with Crippen LogP contribution in [-0.2, 0) is 16.6 Å². The van der Waals surface area contributed by atoms with Crippen LogP contribution in [0, 0.1) is 0 Å². The van der Waals surface area contributed by atoms with Gasteiger partial charge in [-0.15, -0.1) is 0 Å². The smallest absolute Gasteiger partial charge is 0.261 e. The minimum Gasteiger partial charge on any atom is -0.348 e. The molecule has 2 N–H and O–H groups in total. The summed E-state index contributed by atoms with van der Waals surface area (Å²) in [6, 6.07) is 15.7. The van der Waals surface area contributed by atoms with E-state index in [1.807, 2.05) is 0 Å². The third kappa shape index (κ3) is 5.06. The topological polar surface area (TPSA) is 88.2 Å². The standard InChI is InChI=1S/C19H16ClN3O3S/c20-16-3-5-17(6-4-16)23-27(25,26)18-7-1-15(2-8-18)19(24)22-13-14-9-11-21-12-10-14/h1-12,23H,13H2,(H,22,24). The van der Waals surface area contributed by atoms with Crippen molar-refractivity contribution in [1.82, 2.24) is 10.3 Å². The number of nitrogens with zero attached hydrogens (tertiary/aromatic N) is 1. The molecule has 138 valence electrons. The van der Waals surface area contributed by atoms with Crippen LogP contribution in [0.1, 0.15) is 15.9 Å². The molecule has 0 bridgehead atoms. The summed E-state index contributed by atoms with van der Waals surface area (Å²) in [6.07, 6.45) is 3.30. The van der Waals surface area contributed by atoms with Gasteiger partial charge in [-0.1, -0.05) is 11.6 Å². The first-order valence-electron chi connectivity index (χ1n) is 7.99. The van der Waals surface area contributed by atoms with Crippen molar-refractivity contribution in [3.63, 3.8) is 0 Å². The van der Waals surface area contributed by atoms with Gasteiger partial charge in [0.2, 0.25) is 0 Å². The molecule has 0 saturated carbocycles. The van der Waals surface area contributed by atoms with Crippen LogP contribution in [0.4, 0.5) is 5.69 Å². The zero-order valence-electron chi connectivity index (χ0n) is 14.1. The average molecular weight is 402 g/mol. The summed E-state index contributed by atoms with van der Waals surface area (Å²) in [5, 5.41) is 3.29. The second kappa shape index (κ2) is 8.20. The molecule has 0 fully saturated rings. The van der Waals surface area contributed by atoms with Crippen molar-refractivity contribution in [2.24, 2.45) is 0 Å². The van der Waals surface area contributed by atoms with Gasteiger partial charge in [-0.2, -0.15) is 0 Å². The van der Waals surface area contributed by atoms with E-state index in [-0.39, 0.29) is 10.8 Å². The second-order valence-electron chi connectivity index (χ2n) is 5.67. The van der Waals surface area contributed by atoms with E-state index in [4.69, 9.17) is 11.6 Å². The second-order valence-corrected chi connectivity index (χ2v) is 7.79. The lowest BCUT2D eigenvalue weighted by Crippen LogP contribution is -2.23. The highest BCUT2D eigenvalue weighted by Gasteiger charge is 2.15. The summed E-state index contributed by atoms with van der Waals surface area (Å²) in [7, 11) is -3.76. The molecule has 1 aromatic heterocycles. The molecule has 0 aliphatic carbocycles. The summed E-state index contributed by atoms with van der Waals surface area (Å²) in [5.41, 5.74) is 1.69. The van der Waals surface area contributed by atoms with E-state index >= 15 is 0 Å². The first-order valence-corrected chi connectivity index (χ1v) is 9.86. The molecule has 0 atom stereocenters. The largest absolute Gasteiger partial charge is 0.348 e. The number of carbonyl (C=O) groups excluding carboxylic acids is 1. The molecule has 0 spiro atoms. The number of halogens is 1. The molecule has 0 unspecified atom stereocenters. The summed E-state index contributed by atoms with van der Waals surface area (Å²) >= 11 is 5.79. The van der Waals surface area contributed by atoms with Crippen molar-refractivity contribution in [3.8, 4) is 0 Å². The molecule has 0 aliphatic heterocycles. The van der Waals surface area contributed by atoms with Crippen molar-refractivity contribution in [2.45, 2.75) is 11.4 Å². The van der Waals surface area contributed by atoms with Gasteiger partial charge in [0.15, 0.2) is 0 Å². The van der Waals surface area contributed by atoms with Gasteiger partial charge in [-0.3, -0.25) is 14.5 Å². The molecule has 0 saturated heterocycles. The van der Waals surface area contributed by atoms with E-state index < -0.39 is 10.0 Å². The number of anilines is 1. The van der Waals surface area contributed by atoms with Crippen molar-refractivity contribution >= 4 is 33.2 Å². The molecule has 1 amide bonds. The Morgan fingerprint density at radius 2 is 1.56 bits per heavy atom. The summed E-state index contributed by atoms with van der Waals surface area (Å²) in [4.78, 5) is 16.2. The van der Waals surface area contributed by atoms with Gasteiger partial charge in [-0.05, 0) is 66.2 Å². The Bertz CT molecular complexity index is 1020. The lowest BCUT2D eigenvalue weighted by molar-refractivity contribution is 0.0951. The Morgan fingerprint density at radius 3 is 2.19 bits per heavy atom. The van der Waals surface area contributed by atoms with E-state index in [1.165, 1.54) is 24.3 Å². The molecule has 3 aromatic rings. The van der Waals surface area contributed by atoms with E-state index in [1.54, 1.807) is 48.8 Å². The van der Waals surface area contributed by atoms with Crippen LogP contribution in [0.5, 0.6) is 0 Å². The number of nitrogens with one attached hydrogen (secondary N) is 2. The Labute approximate surface area is 162 Å². The molecule has 8 heteroatoms. The predicted octanol–water partition coefficient (Wildman–Crippen LogP) is 3.47. The highest BCUT2D eigenvalue weighted by molar-refractivity contribution is 7.92. The SMILES string of the molecule is O=C(NCc1ccncc1)c1ccc(S(=O)(=O)Nc2ccc(Cl)cc2)cc1. The number of amides is 1. The molecular formula is C19H16ClN3O3S. The molecule has 0 radical (unpaired) electrons. The maximum atomic E-state index is 12.4. The van der Waals surface area contributed by atoms with Crippen LogP contribution in [-0.4, -0.2) is 19.3 Å². The van der Waals surface area contributed by atoms with Crippen LogP contribution in [0.15, 0.2) is 78.0 Å². The third-order valence-corrected chi connectivity index (χ3v) is 5.37. The predicted molar refractivity (Wildman–Crippen MR) is 104 cm³/mol. The first kappa shape index (κ1) is 18.9. The zero-order chi connectivity index (χ0) is 19.3. The quantitative estimate of drug-likeness (QED) is 0.662. The number of benzene rings is 2. The molecule has 1 heterocycles. The maximum absolute atomic E-state index is 12.4. The van der Waals surface area contributed by atoms with Crippen molar-refractivity contribution in [1.29, 1.82) is 0 Å². The minimum atomic E-state index is -3.76. The number of pyridine rings is 1. The van der Waals surface area contributed by atoms with Gasteiger partial charge in [0.05, 0.1) is 4.90 Å². The lowest BCUT2D eigenvalue weighted by Gasteiger charge is -2.09. The maximum Gasteiger partial charge on any atom is 0.261 e. The molecule has 2 aromatic carbocycles. The van der Waals surface area contributed by atoms with Gasteiger partial charge >= 0.3 is 0 Å². The Kier molecular flexibility index (Phi) is 5.73. The van der Waals surface area contributed by atoms with E-state index in [0.717, 1.165) is 5.56 Å². The number of carbonyl (C=O) groups is 1. The van der Waals surface area contributed by atoms with Gasteiger partial charge in [0.1, 0.15) is 0 Å². The number of hydrogen-bond donors (Lipinski definition) is 2. The third-order valence-electron chi connectivity index (χ3n) is 3.73. The fourth-order valence-electron chi connectivity index (χ4n) is 2.30. The van der Waals surface area contributed by atoms with Gasteiger partial charge in [0.25, 0.3) is 15.9 Å². The summed E-state index contributed by atoms with van der Waals surface area (Å²) < 4.78 is 27.3. The molecular weight excluding hydrogens is 386 g/mol. The number of rotatable bonds is 6. The average Bonchev–Trinajstić information content (AvgIpc) is 2.69. The molecule has 27 heavy (non-hydrogen) atoms. The van der Waals surface area contributed by atoms with E-state index in [0.29, 0.717) is 22.8 Å². The normalized spacial score (nSPS) is 11.0. The monoisotopic (exact) mass is 401 g/mol. The summed E-state index contributed by atoms with van der Waals surface area (Å²) in [6.45, 7) is 0.361. The van der Waals surface area contributed by atoms with Crippen LogP contribution in [0.25, 0.3) is 0 Å². The van der Waals surface area contributed by atoms with E-state index in [2.05, 4.69) is 15.0 Å². The van der Waals surface area contributed by atoms with Crippen LogP contribution in [0.2, 0.25) is 5.02 Å². The van der Waals surface area contributed by atoms with Gasteiger partial charge < -0.3 is 5.32 Å². The minimum absolute atomic E-state index is 0.0585. The summed E-state index contributed by atoms with van der Waals surface area (Å²) in [5.74, 6) is -0.290. The molecule has 0 aliphatic rings. The Morgan fingerprint density at radius 1 is 0.926 bits per heavy atom. The van der Waals surface area contributed by atoms with Gasteiger partial charge in [-0.25, -0.2) is 8.42 Å². The number of aromatic nitrogens is 1. The zero-order valence-corrected chi connectivity index (χ0v) is 15.7. The van der Waals surface area contributed by atoms with Crippen LogP contribution in [0.3, 0.4) is 0 Å². The van der Waals surface area contributed by atoms with Crippen molar-refractivity contribution in [3.05, 3.63) is 89.2 Å². The van der Waals surface area contributed by atoms with Gasteiger partial charge in [0, 0.05) is 35.2 Å². The van der Waals surface area contributed by atoms with Crippen LogP contribution < -0.4 is 10.0 Å². The fraction of sp³-hybridized carbons (Fsp3) is 0.0526. The highest BCUT2D eigenvalue weighted by Crippen LogP contribution is 2.18. The number of sulfonamides is 1. The Balaban J connectivity index is 1.66. The first-order chi connectivity index (χ1) is 12.9. The van der Waals surface area contributed by atoms with E-state index in [9.17, 15) is 13.2 Å². The highest BCUT2D eigenvalue weighted by atomic mass is 35.5. The van der Waals surface area contributed by atoms with Crippen molar-refractivity contribution < 1.29 is 13.2 Å². The number of hydrogen-bond acceptors (Lipinski definition) is 4. The molecule has 6 nitrogen and oxygen atoms in total. The fourth-order valence-corrected chi connectivity index (χ4v) is 3.49. The van der Waals surface area contributed by atoms with Crippen LogP contribution >= 0.6 is 11.6 Å².